The molecule has 0 spiro atoms. The standard InChI is InChI=1S/C20H18F3NO6/c1-19(2)8-12(25)15-13(9-19)30-17(20(21,22)23)16(18(26)29-3)14(15)10-5-4-6-11(7-10)24(27)28/h4-7,14H,8-9H2,1-3H3. The van der Waals surface area contributed by atoms with Crippen LogP contribution in [0.2, 0.25) is 0 Å². The normalized spacial score (nSPS) is 21.1. The third-order valence-electron chi connectivity index (χ3n) is 5.00. The number of benzene rings is 1. The Labute approximate surface area is 169 Å². The van der Waals surface area contributed by atoms with Gasteiger partial charge in [0.05, 0.1) is 23.5 Å². The van der Waals surface area contributed by atoms with E-state index < -0.39 is 45.5 Å². The highest BCUT2D eigenvalue weighted by Gasteiger charge is 2.51. The monoisotopic (exact) mass is 425 g/mol. The summed E-state index contributed by atoms with van der Waals surface area (Å²) in [6.45, 7) is 3.43. The number of rotatable bonds is 3. The minimum atomic E-state index is -5.05. The lowest BCUT2D eigenvalue weighted by Gasteiger charge is -2.38. The fourth-order valence-electron chi connectivity index (χ4n) is 3.83. The average Bonchev–Trinajstić information content (AvgIpc) is 2.64. The zero-order valence-corrected chi connectivity index (χ0v) is 16.3. The van der Waals surface area contributed by atoms with E-state index in [-0.39, 0.29) is 35.4 Å². The number of nitro groups is 1. The molecular formula is C20H18F3NO6. The summed E-state index contributed by atoms with van der Waals surface area (Å²) in [6, 6.07) is 4.82. The van der Waals surface area contributed by atoms with Gasteiger partial charge < -0.3 is 9.47 Å². The fraction of sp³-hybridized carbons (Fsp3) is 0.400. The SMILES string of the molecule is COC(=O)C1=C(C(F)(F)F)OC2=C(C(=O)CC(C)(C)C2)C1c1cccc([N+](=O)[O-])c1. The van der Waals surface area contributed by atoms with Crippen LogP contribution in [0.1, 0.15) is 38.2 Å². The number of nitro benzene ring substituents is 1. The number of ketones is 1. The van der Waals surface area contributed by atoms with Gasteiger partial charge in [-0.15, -0.1) is 0 Å². The summed E-state index contributed by atoms with van der Waals surface area (Å²) in [5.74, 6) is -5.08. The van der Waals surface area contributed by atoms with Crippen LogP contribution in [0.15, 0.2) is 46.9 Å². The molecule has 0 saturated carbocycles. The predicted molar refractivity (Wildman–Crippen MR) is 97.1 cm³/mol. The predicted octanol–water partition coefficient (Wildman–Crippen LogP) is 4.34. The Morgan fingerprint density at radius 3 is 2.53 bits per heavy atom. The molecule has 1 aliphatic carbocycles. The van der Waals surface area contributed by atoms with Gasteiger partial charge in [-0.25, -0.2) is 4.79 Å². The number of halogens is 3. The number of carbonyl (C=O) groups is 2. The molecule has 1 atom stereocenters. The smallest absolute Gasteiger partial charge is 0.450 e. The number of hydrogen-bond acceptors (Lipinski definition) is 6. The van der Waals surface area contributed by atoms with Gasteiger partial charge in [0.2, 0.25) is 5.76 Å². The van der Waals surface area contributed by atoms with E-state index in [9.17, 15) is 32.9 Å². The van der Waals surface area contributed by atoms with Gasteiger partial charge >= 0.3 is 12.1 Å². The van der Waals surface area contributed by atoms with Crippen LogP contribution in [0.3, 0.4) is 0 Å². The van der Waals surface area contributed by atoms with Crippen molar-refractivity contribution in [3.05, 3.63) is 62.6 Å². The number of nitrogens with zero attached hydrogens (tertiary/aromatic N) is 1. The van der Waals surface area contributed by atoms with Crippen LogP contribution in [0, 0.1) is 15.5 Å². The van der Waals surface area contributed by atoms with Crippen molar-refractivity contribution in [2.75, 3.05) is 7.11 Å². The highest BCUT2D eigenvalue weighted by atomic mass is 19.4. The second kappa shape index (κ2) is 7.26. The van der Waals surface area contributed by atoms with Crippen molar-refractivity contribution in [2.24, 2.45) is 5.41 Å². The van der Waals surface area contributed by atoms with Gasteiger partial charge in [0, 0.05) is 30.5 Å². The minimum Gasteiger partial charge on any atom is -0.466 e. The molecule has 0 aromatic heterocycles. The third kappa shape index (κ3) is 3.81. The number of methoxy groups -OCH3 is 1. The Morgan fingerprint density at radius 1 is 1.30 bits per heavy atom. The first kappa shape index (κ1) is 21.5. The van der Waals surface area contributed by atoms with E-state index in [0.717, 1.165) is 19.2 Å². The zero-order chi connectivity index (χ0) is 22.4. The summed E-state index contributed by atoms with van der Waals surface area (Å²) in [6.07, 6.45) is -4.99. The van der Waals surface area contributed by atoms with Crippen molar-refractivity contribution in [1.82, 2.24) is 0 Å². The summed E-state index contributed by atoms with van der Waals surface area (Å²) >= 11 is 0. The van der Waals surface area contributed by atoms with Crippen LogP contribution in [-0.2, 0) is 19.1 Å². The van der Waals surface area contributed by atoms with Gasteiger partial charge in [-0.2, -0.15) is 13.2 Å². The lowest BCUT2D eigenvalue weighted by atomic mass is 9.69. The van der Waals surface area contributed by atoms with Crippen LogP contribution < -0.4 is 0 Å². The quantitative estimate of drug-likeness (QED) is 0.406. The highest BCUT2D eigenvalue weighted by Crippen LogP contribution is 2.51. The van der Waals surface area contributed by atoms with Crippen molar-refractivity contribution in [2.45, 2.75) is 38.8 Å². The van der Waals surface area contributed by atoms with Gasteiger partial charge in [-0.05, 0) is 11.0 Å². The maximum Gasteiger partial charge on any atom is 0.450 e. The number of carbonyl (C=O) groups excluding carboxylic acids is 2. The van der Waals surface area contributed by atoms with Crippen LogP contribution in [-0.4, -0.2) is 30.0 Å². The van der Waals surface area contributed by atoms with E-state index in [1.54, 1.807) is 13.8 Å². The van der Waals surface area contributed by atoms with Gasteiger partial charge in [-0.1, -0.05) is 26.0 Å². The van der Waals surface area contributed by atoms with E-state index in [1.807, 2.05) is 0 Å². The number of allylic oxidation sites excluding steroid dienone is 3. The van der Waals surface area contributed by atoms with Crippen LogP contribution >= 0.6 is 0 Å². The number of alkyl halides is 3. The molecule has 1 aliphatic heterocycles. The molecule has 7 nitrogen and oxygen atoms in total. The molecule has 1 aromatic carbocycles. The van der Waals surface area contributed by atoms with Crippen LogP contribution in [0.5, 0.6) is 0 Å². The first-order valence-electron chi connectivity index (χ1n) is 8.94. The van der Waals surface area contributed by atoms with Crippen LogP contribution in [0.4, 0.5) is 18.9 Å². The van der Waals surface area contributed by atoms with E-state index >= 15 is 0 Å². The first-order chi connectivity index (χ1) is 13.9. The molecule has 1 unspecified atom stereocenters. The van der Waals surface area contributed by atoms with E-state index in [4.69, 9.17) is 4.74 Å². The molecule has 160 valence electrons. The van der Waals surface area contributed by atoms with Crippen molar-refractivity contribution in [3.63, 3.8) is 0 Å². The molecule has 2 aliphatic rings. The number of ether oxygens (including phenoxy) is 2. The van der Waals surface area contributed by atoms with Crippen LogP contribution in [0.25, 0.3) is 0 Å². The van der Waals surface area contributed by atoms with Crippen molar-refractivity contribution >= 4 is 17.4 Å². The molecule has 3 rings (SSSR count). The molecule has 10 heteroatoms. The summed E-state index contributed by atoms with van der Waals surface area (Å²) < 4.78 is 51.1. The lowest BCUT2D eigenvalue weighted by molar-refractivity contribution is -0.384. The number of Topliss-reactive ketones (excluding diaryl/α,β-unsaturated/α-hetero) is 1. The number of esters is 1. The second-order valence-electron chi connectivity index (χ2n) is 7.90. The second-order valence-corrected chi connectivity index (χ2v) is 7.90. The average molecular weight is 425 g/mol. The summed E-state index contributed by atoms with van der Waals surface area (Å²) in [4.78, 5) is 35.8. The Balaban J connectivity index is 2.33. The van der Waals surface area contributed by atoms with E-state index in [1.165, 1.54) is 12.1 Å². The summed E-state index contributed by atoms with van der Waals surface area (Å²) in [7, 11) is 0.906. The minimum absolute atomic E-state index is 0.00444. The molecule has 0 amide bonds. The first-order valence-corrected chi connectivity index (χ1v) is 8.94. The third-order valence-corrected chi connectivity index (χ3v) is 5.00. The maximum atomic E-state index is 13.8. The largest absolute Gasteiger partial charge is 0.466 e. The van der Waals surface area contributed by atoms with Gasteiger partial charge in [-0.3, -0.25) is 14.9 Å². The molecule has 0 bridgehead atoms. The number of hydrogen-bond donors (Lipinski definition) is 0. The molecule has 0 N–H and O–H groups in total. The van der Waals surface area contributed by atoms with Gasteiger partial charge in [0.15, 0.2) is 5.78 Å². The van der Waals surface area contributed by atoms with E-state index in [2.05, 4.69) is 4.74 Å². The molecule has 30 heavy (non-hydrogen) atoms. The molecule has 1 heterocycles. The van der Waals surface area contributed by atoms with Gasteiger partial charge in [0.1, 0.15) is 5.76 Å². The fourth-order valence-corrected chi connectivity index (χ4v) is 3.83. The van der Waals surface area contributed by atoms with Crippen molar-refractivity contribution in [1.29, 1.82) is 0 Å². The van der Waals surface area contributed by atoms with Gasteiger partial charge in [0.25, 0.3) is 5.69 Å². The zero-order valence-electron chi connectivity index (χ0n) is 16.3. The topological polar surface area (TPSA) is 95.7 Å². The molecule has 0 saturated heterocycles. The maximum absolute atomic E-state index is 13.8. The molecule has 0 radical (unpaired) electrons. The molecular weight excluding hydrogens is 407 g/mol. The molecule has 1 aromatic rings. The summed E-state index contributed by atoms with van der Waals surface area (Å²) in [5, 5.41) is 11.2. The molecule has 0 fully saturated rings. The Hall–Kier alpha value is -3.17. The number of non-ortho nitro benzene ring substituents is 1. The van der Waals surface area contributed by atoms with E-state index in [0.29, 0.717) is 0 Å². The highest BCUT2D eigenvalue weighted by molar-refractivity contribution is 6.03. The Kier molecular flexibility index (Phi) is 5.21. The Morgan fingerprint density at radius 2 is 1.97 bits per heavy atom. The lowest BCUT2D eigenvalue weighted by Crippen LogP contribution is -2.36. The summed E-state index contributed by atoms with van der Waals surface area (Å²) in [5.41, 5.74) is -2.05. The van der Waals surface area contributed by atoms with Crippen molar-refractivity contribution < 1.29 is 37.2 Å². The Bertz CT molecular complexity index is 1010. The van der Waals surface area contributed by atoms with Crippen molar-refractivity contribution in [3.8, 4) is 0 Å².